The van der Waals surface area contributed by atoms with Crippen LogP contribution in [0.25, 0.3) is 0 Å². The van der Waals surface area contributed by atoms with Crippen LogP contribution in [0.1, 0.15) is 36.8 Å². The molecule has 112 valence electrons. The molecule has 0 bridgehead atoms. The molecule has 1 N–H and O–H groups in total. The van der Waals surface area contributed by atoms with Gasteiger partial charge in [0.05, 0.1) is 22.3 Å². The van der Waals surface area contributed by atoms with Gasteiger partial charge >= 0.3 is 0 Å². The summed E-state index contributed by atoms with van der Waals surface area (Å²) in [7, 11) is 0. The van der Waals surface area contributed by atoms with Gasteiger partial charge in [0.1, 0.15) is 5.82 Å². The average Bonchev–Trinajstić information content (AvgIpc) is 3.02. The summed E-state index contributed by atoms with van der Waals surface area (Å²) in [5.41, 5.74) is 2.43. The topological polar surface area (TPSA) is 28.2 Å². The average molecular weight is 322 g/mol. The zero-order chi connectivity index (χ0) is 14.8. The first-order chi connectivity index (χ1) is 10.2. The van der Waals surface area contributed by atoms with Gasteiger partial charge in [0.2, 0.25) is 0 Å². The Bertz CT molecular complexity index is 604. The van der Waals surface area contributed by atoms with Crippen molar-refractivity contribution in [1.82, 2.24) is 4.98 Å². The molecule has 5 heteroatoms. The molecule has 1 unspecified atom stereocenters. The summed E-state index contributed by atoms with van der Waals surface area (Å²) in [6, 6.07) is 6.67. The fraction of sp³-hybridized carbons (Fsp3) is 0.438. The van der Waals surface area contributed by atoms with Crippen LogP contribution in [0.4, 0.5) is 11.5 Å². The maximum absolute atomic E-state index is 6.11. The Labute approximate surface area is 135 Å². The predicted molar refractivity (Wildman–Crippen MR) is 91.8 cm³/mol. The van der Waals surface area contributed by atoms with Crippen LogP contribution >= 0.6 is 22.9 Å². The molecule has 0 radical (unpaired) electrons. The largest absolute Gasteiger partial charge is 0.377 e. The first-order valence-electron chi connectivity index (χ1n) is 7.47. The van der Waals surface area contributed by atoms with Gasteiger partial charge in [-0.3, -0.25) is 0 Å². The third-order valence-electron chi connectivity index (χ3n) is 4.02. The first kappa shape index (κ1) is 14.7. The van der Waals surface area contributed by atoms with Gasteiger partial charge in [0.15, 0.2) is 0 Å². The molecule has 1 aliphatic rings. The number of pyridine rings is 1. The van der Waals surface area contributed by atoms with Crippen LogP contribution in [0.2, 0.25) is 4.34 Å². The molecule has 0 spiro atoms. The van der Waals surface area contributed by atoms with E-state index in [9.17, 15) is 0 Å². The number of rotatable bonds is 5. The summed E-state index contributed by atoms with van der Waals surface area (Å²) < 4.78 is 0.890. The zero-order valence-electron chi connectivity index (χ0n) is 12.4. The van der Waals surface area contributed by atoms with Gasteiger partial charge < -0.3 is 10.2 Å². The van der Waals surface area contributed by atoms with Crippen molar-refractivity contribution < 1.29 is 0 Å². The van der Waals surface area contributed by atoms with Gasteiger partial charge in [-0.15, -0.1) is 11.3 Å². The van der Waals surface area contributed by atoms with Gasteiger partial charge in [0, 0.05) is 18.0 Å². The Morgan fingerprint density at radius 3 is 2.86 bits per heavy atom. The van der Waals surface area contributed by atoms with E-state index < -0.39 is 0 Å². The summed E-state index contributed by atoms with van der Waals surface area (Å²) >= 11 is 7.81. The lowest BCUT2D eigenvalue weighted by Crippen LogP contribution is -2.22. The van der Waals surface area contributed by atoms with Gasteiger partial charge in [-0.2, -0.15) is 0 Å². The van der Waals surface area contributed by atoms with E-state index in [1.807, 2.05) is 6.20 Å². The van der Waals surface area contributed by atoms with E-state index in [0.717, 1.165) is 41.8 Å². The van der Waals surface area contributed by atoms with E-state index in [4.69, 9.17) is 11.6 Å². The number of fused-ring (bicyclic) bond motifs is 1. The SMILES string of the molecule is CCN(CC)c1ccc(NC2CCc3sc(Cl)cc32)cn1. The summed E-state index contributed by atoms with van der Waals surface area (Å²) in [4.78, 5) is 8.23. The number of nitrogens with zero attached hydrogens (tertiary/aromatic N) is 2. The normalized spacial score (nSPS) is 16.8. The quantitative estimate of drug-likeness (QED) is 0.862. The molecule has 0 aliphatic heterocycles. The Hall–Kier alpha value is -1.26. The van der Waals surface area contributed by atoms with Crippen LogP contribution in [-0.4, -0.2) is 18.1 Å². The number of halogens is 1. The number of aryl methyl sites for hydroxylation is 1. The molecule has 0 aromatic carbocycles. The highest BCUT2D eigenvalue weighted by atomic mass is 35.5. The highest BCUT2D eigenvalue weighted by Gasteiger charge is 2.24. The Balaban J connectivity index is 1.71. The summed E-state index contributed by atoms with van der Waals surface area (Å²) in [6.07, 6.45) is 4.19. The molecule has 0 saturated carbocycles. The molecule has 2 heterocycles. The third-order valence-corrected chi connectivity index (χ3v) is 5.36. The standard InChI is InChI=1S/C16H20ClN3S/c1-3-20(4-2)16-8-5-11(10-18-16)19-13-6-7-14-12(13)9-15(17)21-14/h5,8-10,13,19H,3-4,6-7H2,1-2H3. The summed E-state index contributed by atoms with van der Waals surface area (Å²) in [6.45, 7) is 6.26. The lowest BCUT2D eigenvalue weighted by molar-refractivity contribution is 0.761. The number of aromatic nitrogens is 1. The molecule has 1 aliphatic carbocycles. The lowest BCUT2D eigenvalue weighted by Gasteiger charge is -2.20. The minimum absolute atomic E-state index is 0.366. The lowest BCUT2D eigenvalue weighted by atomic mass is 10.1. The van der Waals surface area contributed by atoms with Crippen LogP contribution in [-0.2, 0) is 6.42 Å². The van der Waals surface area contributed by atoms with E-state index in [0.29, 0.717) is 6.04 Å². The van der Waals surface area contributed by atoms with Crippen molar-refractivity contribution in [2.75, 3.05) is 23.3 Å². The minimum Gasteiger partial charge on any atom is -0.377 e. The summed E-state index contributed by atoms with van der Waals surface area (Å²) in [5, 5.41) is 3.58. The smallest absolute Gasteiger partial charge is 0.128 e. The molecule has 3 rings (SSSR count). The number of hydrogen-bond donors (Lipinski definition) is 1. The number of hydrogen-bond acceptors (Lipinski definition) is 4. The van der Waals surface area contributed by atoms with Gasteiger partial charge in [0.25, 0.3) is 0 Å². The van der Waals surface area contributed by atoms with Crippen LogP contribution in [0, 0.1) is 0 Å². The minimum atomic E-state index is 0.366. The number of anilines is 2. The van der Waals surface area contributed by atoms with Crippen molar-refractivity contribution in [1.29, 1.82) is 0 Å². The second-order valence-electron chi connectivity index (χ2n) is 5.24. The molecule has 0 amide bonds. The van der Waals surface area contributed by atoms with Crippen LogP contribution in [0.5, 0.6) is 0 Å². The van der Waals surface area contributed by atoms with E-state index in [-0.39, 0.29) is 0 Å². The summed E-state index contributed by atoms with van der Waals surface area (Å²) in [5.74, 6) is 1.04. The second-order valence-corrected chi connectivity index (χ2v) is 7.01. The molecule has 0 saturated heterocycles. The van der Waals surface area contributed by atoms with Gasteiger partial charge in [-0.1, -0.05) is 11.6 Å². The maximum atomic E-state index is 6.11. The number of thiophene rings is 1. The first-order valence-corrected chi connectivity index (χ1v) is 8.66. The van der Waals surface area contributed by atoms with Crippen molar-refractivity contribution in [2.24, 2.45) is 0 Å². The third kappa shape index (κ3) is 3.01. The van der Waals surface area contributed by atoms with E-state index in [1.54, 1.807) is 11.3 Å². The van der Waals surface area contributed by atoms with Gasteiger partial charge in [-0.25, -0.2) is 4.98 Å². The molecule has 0 fully saturated rings. The molecule has 2 aromatic rings. The van der Waals surface area contributed by atoms with Crippen LogP contribution < -0.4 is 10.2 Å². The maximum Gasteiger partial charge on any atom is 0.128 e. The van der Waals surface area contributed by atoms with Crippen molar-refractivity contribution >= 4 is 34.4 Å². The van der Waals surface area contributed by atoms with Gasteiger partial charge in [-0.05, 0) is 50.5 Å². The van der Waals surface area contributed by atoms with Crippen molar-refractivity contribution in [2.45, 2.75) is 32.7 Å². The Morgan fingerprint density at radius 1 is 1.38 bits per heavy atom. The molecular formula is C16H20ClN3S. The Kier molecular flexibility index (Phi) is 4.36. The van der Waals surface area contributed by atoms with Crippen molar-refractivity contribution in [3.63, 3.8) is 0 Å². The fourth-order valence-electron chi connectivity index (χ4n) is 2.89. The molecule has 2 aromatic heterocycles. The van der Waals surface area contributed by atoms with Crippen LogP contribution in [0.15, 0.2) is 24.4 Å². The molecule has 3 nitrogen and oxygen atoms in total. The zero-order valence-corrected chi connectivity index (χ0v) is 14.0. The van der Waals surface area contributed by atoms with Crippen LogP contribution in [0.3, 0.4) is 0 Å². The van der Waals surface area contributed by atoms with E-state index >= 15 is 0 Å². The Morgan fingerprint density at radius 2 is 2.19 bits per heavy atom. The second kappa shape index (κ2) is 6.24. The molecular weight excluding hydrogens is 302 g/mol. The predicted octanol–water partition coefficient (Wildman–Crippen LogP) is 4.74. The number of nitrogens with one attached hydrogen (secondary N) is 1. The van der Waals surface area contributed by atoms with E-state index in [2.05, 4.69) is 47.2 Å². The van der Waals surface area contributed by atoms with Crippen molar-refractivity contribution in [3.8, 4) is 0 Å². The molecule has 21 heavy (non-hydrogen) atoms. The highest BCUT2D eigenvalue weighted by Crippen LogP contribution is 2.40. The van der Waals surface area contributed by atoms with E-state index in [1.165, 1.54) is 10.4 Å². The fourth-order valence-corrected chi connectivity index (χ4v) is 4.24. The molecule has 1 atom stereocenters. The highest BCUT2D eigenvalue weighted by molar-refractivity contribution is 7.16. The monoisotopic (exact) mass is 321 g/mol. The van der Waals surface area contributed by atoms with Crippen molar-refractivity contribution in [3.05, 3.63) is 39.2 Å².